The van der Waals surface area contributed by atoms with Crippen LogP contribution >= 0.6 is 7.82 Å². The number of likely N-dealkylation sites (N-methyl/N-ethyl adjacent to an activating group) is 1. The van der Waals surface area contributed by atoms with Gasteiger partial charge in [-0.2, -0.15) is 0 Å². The minimum Gasteiger partial charge on any atom is -0.387 e. The van der Waals surface area contributed by atoms with Gasteiger partial charge in [0.05, 0.1) is 39.9 Å². The Morgan fingerprint density at radius 1 is 0.547 bits per heavy atom. The molecule has 0 saturated heterocycles. The molecule has 9 heteroatoms. The number of allylic oxidation sites excluding steroid dienone is 19. The highest BCUT2D eigenvalue weighted by Crippen LogP contribution is 2.43. The van der Waals surface area contributed by atoms with Gasteiger partial charge in [0.25, 0.3) is 0 Å². The molecular formula is C55H94N2O6P+. The second kappa shape index (κ2) is 45.1. The van der Waals surface area contributed by atoms with Crippen molar-refractivity contribution in [2.24, 2.45) is 0 Å². The Morgan fingerprint density at radius 3 is 1.44 bits per heavy atom. The van der Waals surface area contributed by atoms with Crippen LogP contribution in [0.25, 0.3) is 0 Å². The van der Waals surface area contributed by atoms with E-state index < -0.39 is 20.0 Å². The molecule has 64 heavy (non-hydrogen) atoms. The number of rotatable bonds is 43. The van der Waals surface area contributed by atoms with Gasteiger partial charge in [-0.25, -0.2) is 4.57 Å². The number of unbranched alkanes of at least 4 members (excludes halogenated alkanes) is 12. The lowest BCUT2D eigenvalue weighted by atomic mass is 10.1. The molecule has 0 aromatic carbocycles. The normalized spacial score (nSPS) is 15.2. The van der Waals surface area contributed by atoms with E-state index in [0.29, 0.717) is 17.4 Å². The van der Waals surface area contributed by atoms with E-state index in [2.05, 4.69) is 129 Å². The van der Waals surface area contributed by atoms with Crippen LogP contribution in [0.4, 0.5) is 0 Å². The minimum atomic E-state index is -4.37. The number of amides is 1. The summed E-state index contributed by atoms with van der Waals surface area (Å²) in [6, 6.07) is -0.889. The average molecular weight is 910 g/mol. The topological polar surface area (TPSA) is 105 Å². The molecule has 3 N–H and O–H groups in total. The SMILES string of the molecule is CC/C=C\C/C=C\C/C=C\C/C=C\C/C=C\C/C=C\C/C=C\CCCCCCCC(=O)NC(COP(=O)(O)OCC[N+](C)(C)C)C(O)/C=C/CC/C=C/CC/C=C/CCCCCCC. The van der Waals surface area contributed by atoms with Crippen LogP contribution in [0, 0.1) is 0 Å². The molecule has 0 heterocycles. The Hall–Kier alpha value is -3.10. The molecule has 0 fully saturated rings. The monoisotopic (exact) mass is 910 g/mol. The predicted octanol–water partition coefficient (Wildman–Crippen LogP) is 14.6. The molecule has 0 bridgehead atoms. The van der Waals surface area contributed by atoms with Gasteiger partial charge in [0, 0.05) is 6.42 Å². The summed E-state index contributed by atoms with van der Waals surface area (Å²) in [5.41, 5.74) is 0. The Morgan fingerprint density at radius 2 is 0.953 bits per heavy atom. The van der Waals surface area contributed by atoms with E-state index in [-0.39, 0.29) is 19.1 Å². The van der Waals surface area contributed by atoms with Crippen LogP contribution in [0.1, 0.15) is 168 Å². The summed E-state index contributed by atoms with van der Waals surface area (Å²) in [5, 5.41) is 13.8. The molecule has 3 unspecified atom stereocenters. The van der Waals surface area contributed by atoms with Crippen molar-refractivity contribution in [1.29, 1.82) is 0 Å². The number of phosphoric acid groups is 1. The lowest BCUT2D eigenvalue weighted by Gasteiger charge is -2.25. The zero-order chi connectivity index (χ0) is 47.1. The van der Waals surface area contributed by atoms with E-state index in [1.807, 2.05) is 27.2 Å². The van der Waals surface area contributed by atoms with Gasteiger partial charge in [-0.05, 0) is 103 Å². The van der Waals surface area contributed by atoms with Gasteiger partial charge >= 0.3 is 7.82 Å². The second-order valence-corrected chi connectivity index (χ2v) is 18.9. The fraction of sp³-hybridized carbons (Fsp3) is 0.618. The van der Waals surface area contributed by atoms with E-state index in [0.717, 1.165) is 109 Å². The molecule has 0 aromatic rings. The molecule has 0 radical (unpaired) electrons. The third kappa shape index (κ3) is 46.9. The lowest BCUT2D eigenvalue weighted by Crippen LogP contribution is -2.45. The average Bonchev–Trinajstić information content (AvgIpc) is 3.25. The maximum absolute atomic E-state index is 12.9. The first kappa shape index (κ1) is 60.9. The lowest BCUT2D eigenvalue weighted by molar-refractivity contribution is -0.870. The number of carbonyl (C=O) groups excluding carboxylic acids is 1. The molecule has 0 aliphatic carbocycles. The first-order valence-electron chi connectivity index (χ1n) is 24.9. The summed E-state index contributed by atoms with van der Waals surface area (Å²) in [6.07, 6.45) is 67.1. The van der Waals surface area contributed by atoms with Crippen molar-refractivity contribution in [2.75, 3.05) is 40.9 Å². The van der Waals surface area contributed by atoms with E-state index in [4.69, 9.17) is 9.05 Å². The minimum absolute atomic E-state index is 0.0420. The molecular weight excluding hydrogens is 816 g/mol. The summed E-state index contributed by atoms with van der Waals surface area (Å²) in [4.78, 5) is 23.2. The molecule has 364 valence electrons. The Bertz CT molecular complexity index is 1450. The first-order chi connectivity index (χ1) is 31.0. The maximum Gasteiger partial charge on any atom is 0.472 e. The number of aliphatic hydroxyl groups excluding tert-OH is 1. The molecule has 0 spiro atoms. The van der Waals surface area contributed by atoms with Gasteiger partial charge in [-0.15, -0.1) is 0 Å². The summed E-state index contributed by atoms with van der Waals surface area (Å²) in [5.74, 6) is -0.217. The van der Waals surface area contributed by atoms with Crippen LogP contribution in [-0.2, 0) is 18.4 Å². The highest BCUT2D eigenvalue weighted by molar-refractivity contribution is 7.47. The number of hydrogen-bond acceptors (Lipinski definition) is 5. The first-order valence-corrected chi connectivity index (χ1v) is 26.4. The van der Waals surface area contributed by atoms with Crippen LogP contribution in [-0.4, -0.2) is 73.4 Å². The number of hydrogen-bond donors (Lipinski definition) is 3. The number of quaternary nitrogens is 1. The smallest absolute Gasteiger partial charge is 0.387 e. The summed E-state index contributed by atoms with van der Waals surface area (Å²) in [7, 11) is 1.51. The number of aliphatic hydroxyl groups is 1. The van der Waals surface area contributed by atoms with Gasteiger partial charge < -0.3 is 19.8 Å². The fourth-order valence-electron chi connectivity index (χ4n) is 6.23. The standard InChI is InChI=1S/C55H93N2O6P/c1-6-8-10-12-14-16-18-20-22-23-24-25-26-27-28-29-30-31-32-33-35-37-39-41-43-45-47-49-55(59)56-53(52-63-64(60,61)62-51-50-57(3,4)5)54(58)48-46-44-42-40-38-36-34-21-19-17-15-13-11-9-7-2/h8,10,14,16,19-22,24-25,27-28,30-31,33,35,38,40,46,48,53-54,58H,6-7,9,11-13,15,17-18,23,26,29,32,34,36-37,39,41-45,47,49-52H2,1-5H3,(H-,56,59,60,61)/p+1/b10-8-,16-14-,21-19+,22-20-,25-24-,28-27-,31-30-,35-33-,40-38+,48-46+. The van der Waals surface area contributed by atoms with Crippen LogP contribution in [0.3, 0.4) is 0 Å². The van der Waals surface area contributed by atoms with Crippen molar-refractivity contribution in [1.82, 2.24) is 5.32 Å². The summed E-state index contributed by atoms with van der Waals surface area (Å²) in [6.45, 7) is 4.61. The molecule has 0 aromatic heterocycles. The third-order valence-electron chi connectivity index (χ3n) is 10.1. The van der Waals surface area contributed by atoms with Crippen molar-refractivity contribution >= 4 is 13.7 Å². The van der Waals surface area contributed by atoms with Crippen LogP contribution in [0.5, 0.6) is 0 Å². The summed E-state index contributed by atoms with van der Waals surface area (Å²) < 4.78 is 23.6. The molecule has 0 rings (SSSR count). The second-order valence-electron chi connectivity index (χ2n) is 17.4. The number of nitrogens with one attached hydrogen (secondary N) is 1. The van der Waals surface area contributed by atoms with Crippen molar-refractivity contribution < 1.29 is 32.9 Å². The van der Waals surface area contributed by atoms with E-state index in [1.54, 1.807) is 6.08 Å². The Balaban J connectivity index is 4.43. The Kier molecular flexibility index (Phi) is 42.9. The number of phosphoric ester groups is 1. The van der Waals surface area contributed by atoms with Crippen molar-refractivity contribution in [3.05, 3.63) is 122 Å². The molecule has 0 aliphatic heterocycles. The third-order valence-corrected chi connectivity index (χ3v) is 11.1. The predicted molar refractivity (Wildman–Crippen MR) is 276 cm³/mol. The quantitative estimate of drug-likeness (QED) is 0.0244. The van der Waals surface area contributed by atoms with Gasteiger partial charge in [0.2, 0.25) is 5.91 Å². The molecule has 0 saturated carbocycles. The number of nitrogens with zero attached hydrogens (tertiary/aromatic N) is 1. The summed E-state index contributed by atoms with van der Waals surface area (Å²) >= 11 is 0. The van der Waals surface area contributed by atoms with Crippen molar-refractivity contribution in [3.8, 4) is 0 Å². The fourth-order valence-corrected chi connectivity index (χ4v) is 6.96. The molecule has 0 aliphatic rings. The van der Waals surface area contributed by atoms with E-state index in [1.165, 1.54) is 38.5 Å². The van der Waals surface area contributed by atoms with E-state index >= 15 is 0 Å². The van der Waals surface area contributed by atoms with Gasteiger partial charge in [-0.1, -0.05) is 180 Å². The van der Waals surface area contributed by atoms with Crippen molar-refractivity contribution in [3.63, 3.8) is 0 Å². The van der Waals surface area contributed by atoms with Crippen LogP contribution in [0.15, 0.2) is 122 Å². The molecule has 3 atom stereocenters. The van der Waals surface area contributed by atoms with Crippen molar-refractivity contribution in [2.45, 2.75) is 180 Å². The number of carbonyl (C=O) groups is 1. The molecule has 1 amide bonds. The van der Waals surface area contributed by atoms with Gasteiger partial charge in [0.1, 0.15) is 13.2 Å². The van der Waals surface area contributed by atoms with Crippen LogP contribution < -0.4 is 5.32 Å². The van der Waals surface area contributed by atoms with Gasteiger partial charge in [-0.3, -0.25) is 13.8 Å². The van der Waals surface area contributed by atoms with Gasteiger partial charge in [0.15, 0.2) is 0 Å². The Labute approximate surface area is 393 Å². The zero-order valence-corrected chi connectivity index (χ0v) is 42.1. The van der Waals surface area contributed by atoms with Crippen LogP contribution in [0.2, 0.25) is 0 Å². The molecule has 8 nitrogen and oxygen atoms in total. The zero-order valence-electron chi connectivity index (χ0n) is 41.2. The largest absolute Gasteiger partial charge is 0.472 e. The highest BCUT2D eigenvalue weighted by Gasteiger charge is 2.27. The van der Waals surface area contributed by atoms with E-state index in [9.17, 15) is 19.4 Å². The highest BCUT2D eigenvalue weighted by atomic mass is 31.2. The maximum atomic E-state index is 12.9.